The lowest BCUT2D eigenvalue weighted by atomic mass is 9.71. The number of hydrogen-bond acceptors (Lipinski definition) is 8. The number of rotatable bonds is 9. The molecule has 1 aromatic heterocycles. The second kappa shape index (κ2) is 19.3. The number of allylic oxidation sites excluding steroid dienone is 1. The van der Waals surface area contributed by atoms with Gasteiger partial charge in [-0.05, 0) is 124 Å². The molecule has 1 aliphatic carbocycles. The van der Waals surface area contributed by atoms with Crippen LogP contribution >= 0.6 is 0 Å². The van der Waals surface area contributed by atoms with E-state index >= 15 is 0 Å². The topological polar surface area (TPSA) is 101 Å². The van der Waals surface area contributed by atoms with Gasteiger partial charge in [-0.15, -0.1) is 0 Å². The van der Waals surface area contributed by atoms with Crippen LogP contribution in [0, 0.1) is 11.8 Å². The van der Waals surface area contributed by atoms with E-state index in [2.05, 4.69) is 72.8 Å². The van der Waals surface area contributed by atoms with Crippen molar-refractivity contribution in [3.63, 3.8) is 0 Å². The van der Waals surface area contributed by atoms with Crippen molar-refractivity contribution in [3.05, 3.63) is 158 Å². The molecule has 4 unspecified atom stereocenters. The van der Waals surface area contributed by atoms with Crippen LogP contribution in [0.15, 0.2) is 117 Å². The molecule has 0 spiro atoms. The van der Waals surface area contributed by atoms with Crippen LogP contribution in [0.3, 0.4) is 0 Å². The lowest BCUT2D eigenvalue weighted by Crippen LogP contribution is -2.58. The molecule has 8 nitrogen and oxygen atoms in total. The van der Waals surface area contributed by atoms with Gasteiger partial charge < -0.3 is 23.4 Å². The fourth-order valence-corrected chi connectivity index (χ4v) is 10.00. The molecule has 0 saturated heterocycles. The molecule has 4 heterocycles. The van der Waals surface area contributed by atoms with E-state index < -0.39 is 35.4 Å². The van der Waals surface area contributed by atoms with Gasteiger partial charge in [0.15, 0.2) is 12.2 Å². The van der Waals surface area contributed by atoms with Gasteiger partial charge in [0.1, 0.15) is 16.9 Å². The van der Waals surface area contributed by atoms with Crippen LogP contribution in [-0.2, 0) is 55.9 Å². The largest absolute Gasteiger partial charge is 0.483 e. The third kappa shape index (κ3) is 9.76. The van der Waals surface area contributed by atoms with Crippen molar-refractivity contribution in [2.75, 3.05) is 13.7 Å². The fraction of sp³-hybridized carbons (Fsp3) is 0.426. The third-order valence-corrected chi connectivity index (χ3v) is 13.5. The lowest BCUT2D eigenvalue weighted by molar-refractivity contribution is -0.201. The van der Waals surface area contributed by atoms with Gasteiger partial charge in [-0.3, -0.25) is 4.79 Å². The molecule has 4 atom stereocenters. The molecule has 0 N–H and O–H groups in total. The Hall–Kier alpha value is -5.47. The Morgan fingerprint density at radius 3 is 2.26 bits per heavy atom. The van der Waals surface area contributed by atoms with E-state index in [1.165, 1.54) is 16.7 Å². The second-order valence-corrected chi connectivity index (χ2v) is 18.1. The summed E-state index contributed by atoms with van der Waals surface area (Å²) in [6.45, 7) is 6.24. The van der Waals surface area contributed by atoms with Crippen LogP contribution in [0.1, 0.15) is 117 Å². The summed E-state index contributed by atoms with van der Waals surface area (Å²) < 4.78 is 32.0. The smallest absolute Gasteiger partial charge is 0.339 e. The summed E-state index contributed by atoms with van der Waals surface area (Å²) in [6.07, 6.45) is 7.60. The lowest BCUT2D eigenvalue weighted by Gasteiger charge is -2.49. The number of carbonyl (C=O) groups excluding carboxylic acids is 2. The standard InChI is InChI=1S/C54H60O8/c1-35(2)45-26-24-36-18-20-39(21-19-36)32-41(23-22-38-14-11-15-40(31-38)30-37-12-7-5-8-13-37)33-47(55)59-50-48-46(27-25-42-34-43(28-29-58-4)52(56)60-49(42)48)62-54(3,51(50)61-53(45)57)44-16-9-6-10-17-44/h5,7-8,11-15,18-21,25,27,31,34,41,44,50-51H,6,9-10,16-17,22-24,26,28-30,32-33H2,1-4H3. The van der Waals surface area contributed by atoms with Crippen molar-refractivity contribution >= 4 is 22.9 Å². The summed E-state index contributed by atoms with van der Waals surface area (Å²) in [5.41, 5.74) is 7.10. The molecule has 9 rings (SSSR count). The molecule has 2 bridgehead atoms. The maximum atomic E-state index is 14.8. The van der Waals surface area contributed by atoms with Gasteiger partial charge in [-0.25, -0.2) is 9.59 Å². The van der Waals surface area contributed by atoms with Gasteiger partial charge in [0, 0.05) is 42.4 Å². The van der Waals surface area contributed by atoms with E-state index in [4.69, 9.17) is 23.4 Å². The predicted octanol–water partition coefficient (Wildman–Crippen LogP) is 11.0. The average molecular weight is 837 g/mol. The second-order valence-electron chi connectivity index (χ2n) is 18.1. The van der Waals surface area contributed by atoms with E-state index in [0.717, 1.165) is 68.1 Å². The minimum atomic E-state index is -1.10. The monoisotopic (exact) mass is 836 g/mol. The van der Waals surface area contributed by atoms with E-state index in [9.17, 15) is 14.4 Å². The Morgan fingerprint density at radius 1 is 0.758 bits per heavy atom. The van der Waals surface area contributed by atoms with Gasteiger partial charge in [0.25, 0.3) is 0 Å². The first-order chi connectivity index (χ1) is 30.1. The molecule has 62 heavy (non-hydrogen) atoms. The van der Waals surface area contributed by atoms with E-state index in [1.807, 2.05) is 45.0 Å². The van der Waals surface area contributed by atoms with Crippen molar-refractivity contribution in [2.24, 2.45) is 11.8 Å². The molecule has 4 aliphatic rings. The molecule has 0 radical (unpaired) electrons. The summed E-state index contributed by atoms with van der Waals surface area (Å²) in [5, 5.41) is 0.660. The van der Waals surface area contributed by atoms with E-state index in [1.54, 1.807) is 7.11 Å². The summed E-state index contributed by atoms with van der Waals surface area (Å²) >= 11 is 0. The van der Waals surface area contributed by atoms with Gasteiger partial charge in [-0.2, -0.15) is 0 Å². The highest BCUT2D eigenvalue weighted by atomic mass is 16.6. The van der Waals surface area contributed by atoms with Crippen LogP contribution in [0.2, 0.25) is 0 Å². The Labute approximate surface area is 365 Å². The minimum absolute atomic E-state index is 0.0200. The first-order valence-electron chi connectivity index (χ1n) is 22.6. The van der Waals surface area contributed by atoms with Crippen LogP contribution in [0.4, 0.5) is 0 Å². The van der Waals surface area contributed by atoms with Crippen molar-refractivity contribution in [2.45, 2.75) is 122 Å². The normalized spacial score (nSPS) is 22.3. The molecule has 3 aliphatic heterocycles. The number of aryl methyl sites for hydroxylation is 2. The quantitative estimate of drug-likeness (QED) is 0.0822. The van der Waals surface area contributed by atoms with Crippen LogP contribution in [0.25, 0.3) is 11.0 Å². The highest BCUT2D eigenvalue weighted by molar-refractivity contribution is 5.90. The molecule has 1 fully saturated rings. The molecular formula is C54H60O8. The van der Waals surface area contributed by atoms with Gasteiger partial charge in [0.05, 0.1) is 12.2 Å². The van der Waals surface area contributed by atoms with E-state index in [0.29, 0.717) is 60.1 Å². The molecule has 324 valence electrons. The maximum Gasteiger partial charge on any atom is 0.339 e. The zero-order valence-electron chi connectivity index (χ0n) is 36.7. The number of methoxy groups -OCH3 is 1. The van der Waals surface area contributed by atoms with Crippen molar-refractivity contribution in [3.8, 4) is 5.75 Å². The molecular weight excluding hydrogens is 777 g/mol. The summed E-state index contributed by atoms with van der Waals surface area (Å²) in [5.74, 6) is -0.418. The zero-order valence-corrected chi connectivity index (χ0v) is 36.7. The molecule has 1 saturated carbocycles. The average Bonchev–Trinajstić information content (AvgIpc) is 3.27. The van der Waals surface area contributed by atoms with Crippen LogP contribution in [0.5, 0.6) is 5.75 Å². The summed E-state index contributed by atoms with van der Waals surface area (Å²) in [7, 11) is 1.59. The number of benzene rings is 4. The zero-order chi connectivity index (χ0) is 43.2. The molecule has 0 amide bonds. The van der Waals surface area contributed by atoms with Gasteiger partial charge in [-0.1, -0.05) is 104 Å². The minimum Gasteiger partial charge on any atom is -0.483 e. The van der Waals surface area contributed by atoms with Crippen LogP contribution in [-0.4, -0.2) is 37.4 Å². The van der Waals surface area contributed by atoms with Crippen molar-refractivity contribution < 1.29 is 33.0 Å². The summed E-state index contributed by atoms with van der Waals surface area (Å²) in [6, 6.07) is 33.4. The van der Waals surface area contributed by atoms with Gasteiger partial charge in [0.2, 0.25) is 0 Å². The predicted molar refractivity (Wildman–Crippen MR) is 241 cm³/mol. The highest BCUT2D eigenvalue weighted by Gasteiger charge is 2.56. The van der Waals surface area contributed by atoms with Gasteiger partial charge >= 0.3 is 17.6 Å². The Morgan fingerprint density at radius 2 is 1.50 bits per heavy atom. The number of ether oxygens (including phenoxy) is 4. The van der Waals surface area contributed by atoms with E-state index in [-0.39, 0.29) is 23.8 Å². The number of hydrogen-bond donors (Lipinski definition) is 0. The van der Waals surface area contributed by atoms with Crippen LogP contribution < -0.4 is 10.4 Å². The Kier molecular flexibility index (Phi) is 13.4. The van der Waals surface area contributed by atoms with Crippen molar-refractivity contribution in [1.82, 2.24) is 0 Å². The highest BCUT2D eigenvalue weighted by Crippen LogP contribution is 2.52. The Bertz CT molecular complexity index is 2450. The maximum absolute atomic E-state index is 14.8. The SMILES string of the molecule is COCCc1cc2ccc3c(c2oc1=O)C1OC(=O)CC(CCc2cccc(Cc4ccccc4)c2)Cc2ccc(cc2)CCC(=C(C)C)C(=O)OC1C(C)(C1CCCCC1)O3. The molecule has 8 heteroatoms. The number of carbonyl (C=O) groups is 2. The third-order valence-electron chi connectivity index (χ3n) is 13.5. The first kappa shape index (κ1) is 43.2. The Balaban J connectivity index is 1.19. The molecule has 5 aromatic rings. The summed E-state index contributed by atoms with van der Waals surface area (Å²) in [4.78, 5) is 43.0. The first-order valence-corrected chi connectivity index (χ1v) is 22.6. The number of esters is 2. The fourth-order valence-electron chi connectivity index (χ4n) is 10.00. The van der Waals surface area contributed by atoms with Crippen molar-refractivity contribution in [1.29, 1.82) is 0 Å². The number of fused-ring (bicyclic) bond motifs is 13. The molecule has 4 aromatic carbocycles.